The molecule has 1 aliphatic heterocycles. The zero-order chi connectivity index (χ0) is 12.2. The van der Waals surface area contributed by atoms with Crippen LogP contribution in [0.25, 0.3) is 0 Å². The topological polar surface area (TPSA) is 50.1 Å². The van der Waals surface area contributed by atoms with Crippen LogP contribution in [0.5, 0.6) is 0 Å². The van der Waals surface area contributed by atoms with Crippen molar-refractivity contribution in [2.75, 3.05) is 31.1 Å². The summed E-state index contributed by atoms with van der Waals surface area (Å²) in [7, 11) is 0. The molecule has 0 radical (unpaired) electrons. The Morgan fingerprint density at radius 2 is 2.00 bits per heavy atom. The molecule has 0 bridgehead atoms. The van der Waals surface area contributed by atoms with E-state index in [9.17, 15) is 0 Å². The highest BCUT2D eigenvalue weighted by Gasteiger charge is 2.17. The van der Waals surface area contributed by atoms with Crippen LogP contribution in [0, 0.1) is 0 Å². The minimum Gasteiger partial charge on any atom is -0.354 e. The molecule has 2 aromatic heterocycles. The van der Waals surface area contributed by atoms with Gasteiger partial charge in [0.15, 0.2) is 0 Å². The molecule has 0 aliphatic carbocycles. The monoisotopic (exact) mass is 244 g/mol. The average molecular weight is 244 g/mol. The van der Waals surface area contributed by atoms with E-state index < -0.39 is 0 Å². The fourth-order valence-corrected chi connectivity index (χ4v) is 2.17. The Bertz CT molecular complexity index is 461. The van der Waals surface area contributed by atoms with E-state index in [1.807, 2.05) is 23.0 Å². The molecule has 0 atom stereocenters. The van der Waals surface area contributed by atoms with Crippen LogP contribution in [0.2, 0.25) is 0 Å². The van der Waals surface area contributed by atoms with Gasteiger partial charge in [-0.15, -0.1) is 0 Å². The van der Waals surface area contributed by atoms with E-state index in [0.29, 0.717) is 0 Å². The van der Waals surface area contributed by atoms with E-state index in [1.165, 1.54) is 0 Å². The molecule has 1 saturated heterocycles. The zero-order valence-corrected chi connectivity index (χ0v) is 10.2. The van der Waals surface area contributed by atoms with Crippen LogP contribution in [0.4, 0.5) is 5.82 Å². The van der Waals surface area contributed by atoms with Gasteiger partial charge in [0.1, 0.15) is 18.5 Å². The van der Waals surface area contributed by atoms with Gasteiger partial charge < -0.3 is 4.90 Å². The van der Waals surface area contributed by atoms with Crippen molar-refractivity contribution in [3.05, 3.63) is 37.1 Å². The predicted molar refractivity (Wildman–Crippen MR) is 68.0 cm³/mol. The Labute approximate surface area is 106 Å². The number of pyridine rings is 1. The van der Waals surface area contributed by atoms with Crippen molar-refractivity contribution in [1.82, 2.24) is 24.6 Å². The summed E-state index contributed by atoms with van der Waals surface area (Å²) >= 11 is 0. The minimum atomic E-state index is 0.816. The van der Waals surface area contributed by atoms with E-state index in [4.69, 9.17) is 0 Å². The summed E-state index contributed by atoms with van der Waals surface area (Å²) in [6.45, 7) is 4.88. The Hall–Kier alpha value is -1.95. The molecule has 2 aromatic rings. The highest BCUT2D eigenvalue weighted by molar-refractivity contribution is 5.38. The van der Waals surface area contributed by atoms with Crippen LogP contribution in [0.15, 0.2) is 37.1 Å². The highest BCUT2D eigenvalue weighted by Crippen LogP contribution is 2.12. The number of hydrogen-bond donors (Lipinski definition) is 0. The average Bonchev–Trinajstić information content (AvgIpc) is 2.94. The molecule has 3 heterocycles. The number of aromatic nitrogens is 4. The van der Waals surface area contributed by atoms with Gasteiger partial charge in [-0.3, -0.25) is 4.90 Å². The maximum absolute atomic E-state index is 4.38. The normalized spacial score (nSPS) is 17.0. The molecule has 18 heavy (non-hydrogen) atoms. The Kier molecular flexibility index (Phi) is 3.18. The first-order valence-corrected chi connectivity index (χ1v) is 6.12. The molecule has 3 rings (SSSR count). The third-order valence-corrected chi connectivity index (χ3v) is 3.16. The lowest BCUT2D eigenvalue weighted by Gasteiger charge is -2.35. The molecule has 94 valence electrons. The first kappa shape index (κ1) is 11.2. The second-order valence-corrected chi connectivity index (χ2v) is 4.37. The SMILES string of the molecule is c1ccc(N2CCN(Cn3cncn3)CC2)nc1. The summed E-state index contributed by atoms with van der Waals surface area (Å²) in [5.41, 5.74) is 0. The van der Waals surface area contributed by atoms with Crippen molar-refractivity contribution in [1.29, 1.82) is 0 Å². The first-order valence-electron chi connectivity index (χ1n) is 6.12. The number of piperazine rings is 1. The largest absolute Gasteiger partial charge is 0.354 e. The fraction of sp³-hybridized carbons (Fsp3) is 0.417. The van der Waals surface area contributed by atoms with Crippen LogP contribution < -0.4 is 4.90 Å². The second kappa shape index (κ2) is 5.14. The lowest BCUT2D eigenvalue weighted by atomic mass is 10.3. The smallest absolute Gasteiger partial charge is 0.137 e. The summed E-state index contributed by atoms with van der Waals surface area (Å²) in [6.07, 6.45) is 5.17. The lowest BCUT2D eigenvalue weighted by molar-refractivity contribution is 0.195. The highest BCUT2D eigenvalue weighted by atomic mass is 15.4. The number of anilines is 1. The van der Waals surface area contributed by atoms with E-state index >= 15 is 0 Å². The third kappa shape index (κ3) is 2.48. The Morgan fingerprint density at radius 3 is 2.67 bits per heavy atom. The second-order valence-electron chi connectivity index (χ2n) is 4.37. The molecule has 1 aliphatic rings. The van der Waals surface area contributed by atoms with Crippen molar-refractivity contribution in [2.24, 2.45) is 0 Å². The van der Waals surface area contributed by atoms with Gasteiger partial charge in [-0.2, -0.15) is 5.10 Å². The van der Waals surface area contributed by atoms with E-state index in [-0.39, 0.29) is 0 Å². The molecule has 6 nitrogen and oxygen atoms in total. The van der Waals surface area contributed by atoms with Crippen molar-refractivity contribution in [3.8, 4) is 0 Å². The molecule has 0 unspecified atom stereocenters. The number of hydrogen-bond acceptors (Lipinski definition) is 5. The van der Waals surface area contributed by atoms with E-state index in [2.05, 4.69) is 30.9 Å². The summed E-state index contributed by atoms with van der Waals surface area (Å²) < 4.78 is 1.86. The number of nitrogens with zero attached hydrogens (tertiary/aromatic N) is 6. The molecule has 1 fully saturated rings. The molecular formula is C12H16N6. The van der Waals surface area contributed by atoms with Crippen LogP contribution in [0.1, 0.15) is 0 Å². The van der Waals surface area contributed by atoms with Crippen LogP contribution in [-0.4, -0.2) is 50.8 Å². The molecule has 0 spiro atoms. The van der Waals surface area contributed by atoms with Crippen LogP contribution >= 0.6 is 0 Å². The molecule has 0 saturated carbocycles. The third-order valence-electron chi connectivity index (χ3n) is 3.16. The van der Waals surface area contributed by atoms with Gasteiger partial charge in [0.2, 0.25) is 0 Å². The van der Waals surface area contributed by atoms with Crippen molar-refractivity contribution >= 4 is 5.82 Å². The van der Waals surface area contributed by atoms with Gasteiger partial charge in [0.05, 0.1) is 6.67 Å². The Balaban J connectivity index is 1.55. The quantitative estimate of drug-likeness (QED) is 0.784. The Morgan fingerprint density at radius 1 is 1.11 bits per heavy atom. The van der Waals surface area contributed by atoms with Gasteiger partial charge in [-0.05, 0) is 12.1 Å². The minimum absolute atomic E-state index is 0.816. The standard InChI is InChI=1S/C12H16N6/c1-2-4-14-12(3-1)17-7-5-16(6-8-17)11-18-10-13-9-15-18/h1-4,9-10H,5-8,11H2. The summed E-state index contributed by atoms with van der Waals surface area (Å²) in [4.78, 5) is 13.0. The lowest BCUT2D eigenvalue weighted by Crippen LogP contribution is -2.47. The van der Waals surface area contributed by atoms with Gasteiger partial charge in [0.25, 0.3) is 0 Å². The zero-order valence-electron chi connectivity index (χ0n) is 10.2. The van der Waals surface area contributed by atoms with Crippen LogP contribution in [-0.2, 0) is 6.67 Å². The summed E-state index contributed by atoms with van der Waals surface area (Å²) in [5.74, 6) is 1.07. The fourth-order valence-electron chi connectivity index (χ4n) is 2.17. The van der Waals surface area contributed by atoms with E-state index in [1.54, 1.807) is 12.7 Å². The number of rotatable bonds is 3. The van der Waals surface area contributed by atoms with E-state index in [0.717, 1.165) is 38.7 Å². The molecule has 0 aromatic carbocycles. The van der Waals surface area contributed by atoms with Crippen molar-refractivity contribution in [3.63, 3.8) is 0 Å². The maximum Gasteiger partial charge on any atom is 0.137 e. The van der Waals surface area contributed by atoms with Gasteiger partial charge in [-0.25, -0.2) is 14.6 Å². The molecule has 6 heteroatoms. The molecule has 0 amide bonds. The summed E-state index contributed by atoms with van der Waals surface area (Å²) in [6, 6.07) is 6.04. The van der Waals surface area contributed by atoms with Crippen molar-refractivity contribution in [2.45, 2.75) is 6.67 Å². The van der Waals surface area contributed by atoms with Crippen LogP contribution in [0.3, 0.4) is 0 Å². The van der Waals surface area contributed by atoms with Gasteiger partial charge in [-0.1, -0.05) is 6.07 Å². The van der Waals surface area contributed by atoms with Gasteiger partial charge in [0, 0.05) is 32.4 Å². The first-order chi connectivity index (χ1) is 8.92. The molecule has 0 N–H and O–H groups in total. The molecular weight excluding hydrogens is 228 g/mol. The summed E-state index contributed by atoms with van der Waals surface area (Å²) in [5, 5.41) is 4.13. The van der Waals surface area contributed by atoms with Crippen molar-refractivity contribution < 1.29 is 0 Å². The van der Waals surface area contributed by atoms with Gasteiger partial charge >= 0.3 is 0 Å². The predicted octanol–water partition coefficient (Wildman–Crippen LogP) is 0.453. The maximum atomic E-state index is 4.38.